The molecule has 0 bridgehead atoms. The number of hydrogen-bond acceptors (Lipinski definition) is 3. The second-order valence-electron chi connectivity index (χ2n) is 5.90. The lowest BCUT2D eigenvalue weighted by atomic mass is 9.96. The molecule has 0 radical (unpaired) electrons. The number of nitrogens with zero attached hydrogens (tertiary/aromatic N) is 2. The van der Waals surface area contributed by atoms with E-state index in [9.17, 15) is 0 Å². The summed E-state index contributed by atoms with van der Waals surface area (Å²) < 4.78 is 7.93. The van der Waals surface area contributed by atoms with Crippen molar-refractivity contribution in [2.45, 2.75) is 57.9 Å². The Kier molecular flexibility index (Phi) is 4.32. The molecular formula is C17H25N3O. The van der Waals surface area contributed by atoms with E-state index in [1.54, 1.807) is 0 Å². The zero-order valence-corrected chi connectivity index (χ0v) is 12.8. The molecule has 1 aliphatic rings. The van der Waals surface area contributed by atoms with E-state index in [-0.39, 0.29) is 0 Å². The molecule has 0 unspecified atom stereocenters. The third-order valence-electron chi connectivity index (χ3n) is 4.45. The molecule has 0 amide bonds. The summed E-state index contributed by atoms with van der Waals surface area (Å²) in [7, 11) is 0. The van der Waals surface area contributed by atoms with Gasteiger partial charge in [-0.25, -0.2) is 4.98 Å². The molecule has 2 N–H and O–H groups in total. The quantitative estimate of drug-likeness (QED) is 0.915. The molecule has 1 fully saturated rings. The van der Waals surface area contributed by atoms with Crippen LogP contribution in [0.25, 0.3) is 11.0 Å². The Balaban J connectivity index is 2.00. The molecule has 2 aromatic rings. The van der Waals surface area contributed by atoms with Crippen LogP contribution in [0.15, 0.2) is 18.2 Å². The Bertz CT molecular complexity index is 597. The summed E-state index contributed by atoms with van der Waals surface area (Å²) in [6, 6.07) is 6.60. The highest BCUT2D eigenvalue weighted by Gasteiger charge is 2.20. The maximum absolute atomic E-state index is 6.24. The number of fused-ring (bicyclic) bond motifs is 1. The van der Waals surface area contributed by atoms with Gasteiger partial charge in [-0.15, -0.1) is 0 Å². The largest absolute Gasteiger partial charge is 0.492 e. The lowest BCUT2D eigenvalue weighted by molar-refractivity contribution is 0.343. The van der Waals surface area contributed by atoms with Crippen LogP contribution in [0, 0.1) is 0 Å². The summed E-state index contributed by atoms with van der Waals surface area (Å²) in [5.41, 5.74) is 8.25. The van der Waals surface area contributed by atoms with E-state index in [1.165, 1.54) is 44.9 Å². The fourth-order valence-electron chi connectivity index (χ4n) is 3.46. The number of para-hydroxylation sites is 1. The standard InChI is InChI=1S/C17H25N3O/c1-2-21-15-12-8-11-14-16(15)19-17(18)20(14)13-9-6-4-3-5-7-10-13/h8,11-13H,2-7,9-10H2,1H3,(H2,18,19). The Hall–Kier alpha value is -1.71. The van der Waals surface area contributed by atoms with Crippen molar-refractivity contribution in [2.75, 3.05) is 12.3 Å². The molecule has 1 aromatic carbocycles. The summed E-state index contributed by atoms with van der Waals surface area (Å²) >= 11 is 0. The van der Waals surface area contributed by atoms with Crippen LogP contribution in [-0.4, -0.2) is 16.2 Å². The molecule has 1 heterocycles. The number of benzene rings is 1. The average Bonchev–Trinajstić information content (AvgIpc) is 2.77. The monoisotopic (exact) mass is 287 g/mol. The van der Waals surface area contributed by atoms with Gasteiger partial charge in [-0.2, -0.15) is 0 Å². The fraction of sp³-hybridized carbons (Fsp3) is 0.588. The minimum atomic E-state index is 0.479. The number of anilines is 1. The van der Waals surface area contributed by atoms with Crippen molar-refractivity contribution in [1.29, 1.82) is 0 Å². The first kappa shape index (κ1) is 14.2. The number of aromatic nitrogens is 2. The molecule has 1 saturated carbocycles. The van der Waals surface area contributed by atoms with Crippen LogP contribution in [-0.2, 0) is 0 Å². The van der Waals surface area contributed by atoms with Gasteiger partial charge in [-0.1, -0.05) is 38.2 Å². The Morgan fingerprint density at radius 2 is 1.90 bits per heavy atom. The number of imidazole rings is 1. The van der Waals surface area contributed by atoms with E-state index >= 15 is 0 Å². The van der Waals surface area contributed by atoms with Crippen LogP contribution >= 0.6 is 0 Å². The maximum atomic E-state index is 6.24. The van der Waals surface area contributed by atoms with Gasteiger partial charge in [0, 0.05) is 6.04 Å². The summed E-state index contributed by atoms with van der Waals surface area (Å²) in [6.45, 7) is 2.64. The first-order valence-corrected chi connectivity index (χ1v) is 8.20. The number of ether oxygens (including phenoxy) is 1. The SMILES string of the molecule is CCOc1cccc2c1nc(N)n2C1CCCCCCC1. The van der Waals surface area contributed by atoms with Crippen molar-refractivity contribution in [1.82, 2.24) is 9.55 Å². The van der Waals surface area contributed by atoms with Crippen molar-refractivity contribution >= 4 is 17.0 Å². The van der Waals surface area contributed by atoms with Crippen molar-refractivity contribution < 1.29 is 4.74 Å². The van der Waals surface area contributed by atoms with E-state index in [4.69, 9.17) is 10.5 Å². The first-order valence-electron chi connectivity index (χ1n) is 8.20. The molecule has 0 atom stereocenters. The Labute approximate surface area is 126 Å². The summed E-state index contributed by atoms with van der Waals surface area (Å²) in [6.07, 6.45) is 9.04. The van der Waals surface area contributed by atoms with Crippen molar-refractivity contribution in [3.05, 3.63) is 18.2 Å². The molecule has 114 valence electrons. The molecule has 21 heavy (non-hydrogen) atoms. The van der Waals surface area contributed by atoms with Crippen molar-refractivity contribution in [3.63, 3.8) is 0 Å². The van der Waals surface area contributed by atoms with Gasteiger partial charge in [-0.05, 0) is 31.9 Å². The van der Waals surface area contributed by atoms with Gasteiger partial charge in [-0.3, -0.25) is 0 Å². The Morgan fingerprint density at radius 3 is 2.62 bits per heavy atom. The maximum Gasteiger partial charge on any atom is 0.201 e. The number of nitrogen functional groups attached to an aromatic ring is 1. The first-order chi connectivity index (χ1) is 10.3. The van der Waals surface area contributed by atoms with Gasteiger partial charge in [0.25, 0.3) is 0 Å². The number of nitrogens with two attached hydrogens (primary N) is 1. The molecular weight excluding hydrogens is 262 g/mol. The van der Waals surface area contributed by atoms with E-state index in [0.29, 0.717) is 18.6 Å². The van der Waals surface area contributed by atoms with Crippen LogP contribution in [0.3, 0.4) is 0 Å². The van der Waals surface area contributed by atoms with Gasteiger partial charge in [0.2, 0.25) is 5.95 Å². The molecule has 4 heteroatoms. The molecule has 1 aromatic heterocycles. The van der Waals surface area contributed by atoms with E-state index in [2.05, 4.69) is 15.6 Å². The smallest absolute Gasteiger partial charge is 0.201 e. The van der Waals surface area contributed by atoms with Gasteiger partial charge in [0.15, 0.2) is 0 Å². The molecule has 0 spiro atoms. The minimum Gasteiger partial charge on any atom is -0.492 e. The molecule has 1 aliphatic carbocycles. The second kappa shape index (κ2) is 6.37. The minimum absolute atomic E-state index is 0.479. The zero-order chi connectivity index (χ0) is 14.7. The molecule has 0 aliphatic heterocycles. The average molecular weight is 287 g/mol. The van der Waals surface area contributed by atoms with Gasteiger partial charge in [0.1, 0.15) is 11.3 Å². The van der Waals surface area contributed by atoms with Gasteiger partial charge >= 0.3 is 0 Å². The van der Waals surface area contributed by atoms with Crippen LogP contribution in [0.5, 0.6) is 5.75 Å². The summed E-state index contributed by atoms with van der Waals surface area (Å²) in [5, 5.41) is 0. The normalized spacial score (nSPS) is 17.6. The molecule has 0 saturated heterocycles. The predicted octanol–water partition coefficient (Wildman–Crippen LogP) is 4.30. The highest BCUT2D eigenvalue weighted by atomic mass is 16.5. The van der Waals surface area contributed by atoms with E-state index in [0.717, 1.165) is 16.8 Å². The highest BCUT2D eigenvalue weighted by Crippen LogP contribution is 2.34. The highest BCUT2D eigenvalue weighted by molar-refractivity contribution is 5.84. The third kappa shape index (κ3) is 2.85. The van der Waals surface area contributed by atoms with Crippen molar-refractivity contribution in [3.8, 4) is 5.75 Å². The molecule has 4 nitrogen and oxygen atoms in total. The van der Waals surface area contributed by atoms with Gasteiger partial charge in [0.05, 0.1) is 12.1 Å². The number of hydrogen-bond donors (Lipinski definition) is 1. The van der Waals surface area contributed by atoms with Crippen LogP contribution in [0.4, 0.5) is 5.95 Å². The van der Waals surface area contributed by atoms with Crippen molar-refractivity contribution in [2.24, 2.45) is 0 Å². The van der Waals surface area contributed by atoms with E-state index < -0.39 is 0 Å². The van der Waals surface area contributed by atoms with Crippen LogP contribution in [0.2, 0.25) is 0 Å². The summed E-state index contributed by atoms with van der Waals surface area (Å²) in [4.78, 5) is 4.58. The molecule has 3 rings (SSSR count). The second-order valence-corrected chi connectivity index (χ2v) is 5.90. The van der Waals surface area contributed by atoms with Gasteiger partial charge < -0.3 is 15.0 Å². The zero-order valence-electron chi connectivity index (χ0n) is 12.8. The number of rotatable bonds is 3. The topological polar surface area (TPSA) is 53.1 Å². The Morgan fingerprint density at radius 1 is 1.19 bits per heavy atom. The third-order valence-corrected chi connectivity index (χ3v) is 4.45. The summed E-state index contributed by atoms with van der Waals surface area (Å²) in [5.74, 6) is 1.47. The van der Waals surface area contributed by atoms with Crippen LogP contribution in [0.1, 0.15) is 57.9 Å². The lowest BCUT2D eigenvalue weighted by Crippen LogP contribution is -2.13. The fourth-order valence-corrected chi connectivity index (χ4v) is 3.46. The van der Waals surface area contributed by atoms with E-state index in [1.807, 2.05) is 19.1 Å². The van der Waals surface area contributed by atoms with Crippen LogP contribution < -0.4 is 10.5 Å². The predicted molar refractivity (Wildman–Crippen MR) is 86.7 cm³/mol. The lowest BCUT2D eigenvalue weighted by Gasteiger charge is -2.22.